The number of fused-ring (bicyclic) bond motifs is 1. The van der Waals surface area contributed by atoms with Crippen LogP contribution >= 0.6 is 0 Å². The van der Waals surface area contributed by atoms with Crippen LogP contribution in [0.5, 0.6) is 0 Å². The average molecular weight is 295 g/mol. The van der Waals surface area contributed by atoms with Crippen molar-refractivity contribution in [3.63, 3.8) is 0 Å². The fourth-order valence-corrected chi connectivity index (χ4v) is 5.07. The molecule has 1 aliphatic carbocycles. The van der Waals surface area contributed by atoms with Crippen LogP contribution in [0.25, 0.3) is 0 Å². The lowest BCUT2D eigenvalue weighted by Crippen LogP contribution is -2.62. The van der Waals surface area contributed by atoms with Gasteiger partial charge in [0.1, 0.15) is 0 Å². The molecule has 3 fully saturated rings. The first kappa shape index (κ1) is 15.7. The Labute approximate surface area is 129 Å². The molecule has 2 aliphatic heterocycles. The van der Waals surface area contributed by atoms with Crippen molar-refractivity contribution in [3.8, 4) is 0 Å². The van der Waals surface area contributed by atoms with E-state index >= 15 is 0 Å². The summed E-state index contributed by atoms with van der Waals surface area (Å²) >= 11 is 0. The van der Waals surface area contributed by atoms with Crippen LogP contribution in [0.3, 0.4) is 0 Å². The third kappa shape index (κ3) is 3.14. The summed E-state index contributed by atoms with van der Waals surface area (Å²) in [4.78, 5) is 5.47. The number of piperazine rings is 1. The van der Waals surface area contributed by atoms with Gasteiger partial charge < -0.3 is 10.4 Å². The second kappa shape index (κ2) is 6.53. The zero-order valence-corrected chi connectivity index (χ0v) is 13.9. The molecule has 2 heterocycles. The predicted octanol–water partition coefficient (Wildman–Crippen LogP) is 1.44. The first-order chi connectivity index (χ1) is 10.2. The SMILES string of the molecule is CCNC1(CO)CCCC(N2CC3CCCN3CC2C)C1. The molecule has 4 nitrogen and oxygen atoms in total. The van der Waals surface area contributed by atoms with Gasteiger partial charge in [0.15, 0.2) is 0 Å². The number of aliphatic hydroxyl groups is 1. The van der Waals surface area contributed by atoms with E-state index in [-0.39, 0.29) is 12.1 Å². The van der Waals surface area contributed by atoms with Gasteiger partial charge in [0, 0.05) is 36.8 Å². The summed E-state index contributed by atoms with van der Waals surface area (Å²) in [7, 11) is 0. The van der Waals surface area contributed by atoms with Crippen LogP contribution in [-0.4, -0.2) is 71.4 Å². The molecule has 1 saturated carbocycles. The van der Waals surface area contributed by atoms with Gasteiger partial charge in [0.05, 0.1) is 6.61 Å². The van der Waals surface area contributed by atoms with Gasteiger partial charge in [-0.2, -0.15) is 0 Å². The molecule has 3 rings (SSSR count). The zero-order chi connectivity index (χ0) is 14.9. The zero-order valence-electron chi connectivity index (χ0n) is 13.9. The Kier molecular flexibility index (Phi) is 4.89. The van der Waals surface area contributed by atoms with Crippen molar-refractivity contribution in [3.05, 3.63) is 0 Å². The second-order valence-corrected chi connectivity index (χ2v) is 7.56. The number of aliphatic hydroxyl groups excluding tert-OH is 1. The Balaban J connectivity index is 1.67. The minimum atomic E-state index is -0.0236. The molecule has 0 radical (unpaired) electrons. The Bertz CT molecular complexity index is 347. The van der Waals surface area contributed by atoms with Crippen LogP contribution < -0.4 is 5.32 Å². The molecule has 2 saturated heterocycles. The quantitative estimate of drug-likeness (QED) is 0.823. The number of likely N-dealkylation sites (N-methyl/N-ethyl adjacent to an activating group) is 1. The highest BCUT2D eigenvalue weighted by molar-refractivity contribution is 5.00. The molecule has 0 aromatic rings. The Hall–Kier alpha value is -0.160. The lowest BCUT2D eigenvalue weighted by atomic mass is 9.78. The van der Waals surface area contributed by atoms with Gasteiger partial charge in [-0.1, -0.05) is 6.92 Å². The number of hydrogen-bond acceptors (Lipinski definition) is 4. The van der Waals surface area contributed by atoms with Gasteiger partial charge in [-0.25, -0.2) is 0 Å². The fraction of sp³-hybridized carbons (Fsp3) is 1.00. The van der Waals surface area contributed by atoms with Crippen molar-refractivity contribution in [2.45, 2.75) is 76.0 Å². The monoisotopic (exact) mass is 295 g/mol. The summed E-state index contributed by atoms with van der Waals surface area (Å²) in [6, 6.07) is 2.12. The molecular weight excluding hydrogens is 262 g/mol. The molecule has 3 aliphatic rings. The summed E-state index contributed by atoms with van der Waals surface area (Å²) in [6.45, 7) is 9.60. The van der Waals surface area contributed by atoms with Crippen LogP contribution in [0.15, 0.2) is 0 Å². The standard InChI is InChI=1S/C17H33N3O/c1-3-18-17(13-21)8-4-6-15(10-17)20-12-16-7-5-9-19(16)11-14(20)2/h14-16,18,21H,3-13H2,1-2H3. The predicted molar refractivity (Wildman–Crippen MR) is 86.5 cm³/mol. The van der Waals surface area contributed by atoms with E-state index in [2.05, 4.69) is 29.0 Å². The minimum absolute atomic E-state index is 0.0236. The van der Waals surface area contributed by atoms with Crippen LogP contribution in [-0.2, 0) is 0 Å². The van der Waals surface area contributed by atoms with Gasteiger partial charge in [0.25, 0.3) is 0 Å². The van der Waals surface area contributed by atoms with Gasteiger partial charge in [-0.3, -0.25) is 9.80 Å². The normalized spacial score (nSPS) is 42.1. The van der Waals surface area contributed by atoms with Gasteiger partial charge in [-0.15, -0.1) is 0 Å². The lowest BCUT2D eigenvalue weighted by Gasteiger charge is -2.50. The summed E-state index contributed by atoms with van der Waals surface area (Å²) in [5.41, 5.74) is -0.0236. The van der Waals surface area contributed by atoms with E-state index in [1.807, 2.05) is 0 Å². The van der Waals surface area contributed by atoms with Crippen molar-refractivity contribution in [2.24, 2.45) is 0 Å². The molecule has 0 spiro atoms. The fourth-order valence-electron chi connectivity index (χ4n) is 5.07. The van der Waals surface area contributed by atoms with E-state index in [0.717, 1.165) is 25.4 Å². The topological polar surface area (TPSA) is 38.7 Å². The van der Waals surface area contributed by atoms with Gasteiger partial charge >= 0.3 is 0 Å². The van der Waals surface area contributed by atoms with Gasteiger partial charge in [0.2, 0.25) is 0 Å². The third-order valence-electron chi connectivity index (χ3n) is 6.13. The van der Waals surface area contributed by atoms with Crippen LogP contribution in [0.2, 0.25) is 0 Å². The Morgan fingerprint density at radius 1 is 1.19 bits per heavy atom. The van der Waals surface area contributed by atoms with E-state index in [1.54, 1.807) is 0 Å². The second-order valence-electron chi connectivity index (χ2n) is 7.56. The molecule has 2 N–H and O–H groups in total. The molecular formula is C17H33N3O. The van der Waals surface area contributed by atoms with Crippen molar-refractivity contribution in [2.75, 3.05) is 32.8 Å². The first-order valence-electron chi connectivity index (χ1n) is 9.03. The van der Waals surface area contributed by atoms with Crippen molar-refractivity contribution >= 4 is 0 Å². The van der Waals surface area contributed by atoms with Crippen molar-refractivity contribution < 1.29 is 5.11 Å². The van der Waals surface area contributed by atoms with Crippen LogP contribution in [0, 0.1) is 0 Å². The maximum absolute atomic E-state index is 9.92. The Morgan fingerprint density at radius 2 is 2.00 bits per heavy atom. The molecule has 122 valence electrons. The van der Waals surface area contributed by atoms with Crippen molar-refractivity contribution in [1.29, 1.82) is 0 Å². The third-order valence-corrected chi connectivity index (χ3v) is 6.13. The molecule has 0 bridgehead atoms. The van der Waals surface area contributed by atoms with E-state index < -0.39 is 0 Å². The lowest BCUT2D eigenvalue weighted by molar-refractivity contribution is -0.00881. The van der Waals surface area contributed by atoms with Crippen LogP contribution in [0.1, 0.15) is 52.4 Å². The molecule has 4 heteroatoms. The molecule has 4 atom stereocenters. The van der Waals surface area contributed by atoms with E-state index in [0.29, 0.717) is 12.1 Å². The number of nitrogens with one attached hydrogen (secondary N) is 1. The maximum Gasteiger partial charge on any atom is 0.0613 e. The van der Waals surface area contributed by atoms with Gasteiger partial charge in [-0.05, 0) is 58.5 Å². The highest BCUT2D eigenvalue weighted by atomic mass is 16.3. The van der Waals surface area contributed by atoms with E-state index in [4.69, 9.17) is 0 Å². The van der Waals surface area contributed by atoms with Crippen LogP contribution in [0.4, 0.5) is 0 Å². The number of hydrogen-bond donors (Lipinski definition) is 2. The van der Waals surface area contributed by atoms with E-state index in [9.17, 15) is 5.11 Å². The summed E-state index contributed by atoms with van der Waals surface area (Å²) in [5, 5.41) is 13.5. The Morgan fingerprint density at radius 3 is 2.76 bits per heavy atom. The number of rotatable bonds is 4. The minimum Gasteiger partial charge on any atom is -0.394 e. The molecule has 0 aromatic heterocycles. The summed E-state index contributed by atoms with van der Waals surface area (Å²) in [6.07, 6.45) is 7.57. The molecule has 4 unspecified atom stereocenters. The largest absolute Gasteiger partial charge is 0.394 e. The average Bonchev–Trinajstić information content (AvgIpc) is 2.94. The maximum atomic E-state index is 9.92. The number of nitrogens with zero attached hydrogens (tertiary/aromatic N) is 2. The van der Waals surface area contributed by atoms with E-state index in [1.165, 1.54) is 45.3 Å². The highest BCUT2D eigenvalue weighted by Crippen LogP contribution is 2.35. The summed E-state index contributed by atoms with van der Waals surface area (Å²) < 4.78 is 0. The smallest absolute Gasteiger partial charge is 0.0613 e. The first-order valence-corrected chi connectivity index (χ1v) is 9.03. The molecule has 21 heavy (non-hydrogen) atoms. The molecule has 0 aromatic carbocycles. The molecule has 0 amide bonds. The summed E-state index contributed by atoms with van der Waals surface area (Å²) in [5.74, 6) is 0. The highest BCUT2D eigenvalue weighted by Gasteiger charge is 2.42. The van der Waals surface area contributed by atoms with Crippen molar-refractivity contribution in [1.82, 2.24) is 15.1 Å².